The van der Waals surface area contributed by atoms with Crippen LogP contribution in [0.3, 0.4) is 0 Å². The quantitative estimate of drug-likeness (QED) is 0.798. The van der Waals surface area contributed by atoms with E-state index in [-0.39, 0.29) is 0 Å². The first-order chi connectivity index (χ1) is 8.38. The molecule has 2 rings (SSSR count). The summed E-state index contributed by atoms with van der Waals surface area (Å²) in [5.74, 6) is 0. The van der Waals surface area contributed by atoms with E-state index in [0.717, 1.165) is 24.3 Å². The molecule has 0 fully saturated rings. The maximum atomic E-state index is 5.58. The highest BCUT2D eigenvalue weighted by molar-refractivity contribution is 7.09. The van der Waals surface area contributed by atoms with E-state index in [0.29, 0.717) is 13.2 Å². The van der Waals surface area contributed by atoms with Gasteiger partial charge in [-0.15, -0.1) is 11.3 Å². The maximum absolute atomic E-state index is 5.58. The van der Waals surface area contributed by atoms with Crippen molar-refractivity contribution in [3.05, 3.63) is 52.0 Å². The SMILES string of the molecule is NCc1ccc(COCCc2cccs2)nc1. The van der Waals surface area contributed by atoms with Crippen molar-refractivity contribution in [2.75, 3.05) is 6.61 Å². The molecule has 2 aromatic heterocycles. The Kier molecular flexibility index (Phi) is 4.67. The summed E-state index contributed by atoms with van der Waals surface area (Å²) in [7, 11) is 0. The van der Waals surface area contributed by atoms with Gasteiger partial charge >= 0.3 is 0 Å². The second kappa shape index (κ2) is 6.49. The summed E-state index contributed by atoms with van der Waals surface area (Å²) in [6.45, 7) is 1.84. The number of ether oxygens (including phenoxy) is 1. The number of nitrogens with two attached hydrogens (primary N) is 1. The van der Waals surface area contributed by atoms with Crippen LogP contribution in [0.5, 0.6) is 0 Å². The Morgan fingerprint density at radius 3 is 2.88 bits per heavy atom. The van der Waals surface area contributed by atoms with Gasteiger partial charge in [-0.25, -0.2) is 0 Å². The predicted octanol–water partition coefficient (Wildman–Crippen LogP) is 2.36. The number of aromatic nitrogens is 1. The average molecular weight is 248 g/mol. The second-order valence-corrected chi connectivity index (χ2v) is 4.78. The van der Waals surface area contributed by atoms with Crippen molar-refractivity contribution in [3.63, 3.8) is 0 Å². The molecule has 0 aromatic carbocycles. The van der Waals surface area contributed by atoms with Crippen LogP contribution in [0, 0.1) is 0 Å². The van der Waals surface area contributed by atoms with Gasteiger partial charge in [0, 0.05) is 24.0 Å². The monoisotopic (exact) mass is 248 g/mol. The molecule has 0 aliphatic heterocycles. The van der Waals surface area contributed by atoms with E-state index >= 15 is 0 Å². The van der Waals surface area contributed by atoms with Crippen molar-refractivity contribution in [1.82, 2.24) is 4.98 Å². The zero-order chi connectivity index (χ0) is 11.9. The molecule has 0 aliphatic carbocycles. The van der Waals surface area contributed by atoms with Crippen LogP contribution in [0.25, 0.3) is 0 Å². The molecule has 90 valence electrons. The van der Waals surface area contributed by atoms with Crippen LogP contribution in [0.15, 0.2) is 35.8 Å². The molecule has 4 heteroatoms. The number of thiophene rings is 1. The van der Waals surface area contributed by atoms with Crippen molar-refractivity contribution < 1.29 is 4.74 Å². The molecule has 0 bridgehead atoms. The van der Waals surface area contributed by atoms with E-state index in [9.17, 15) is 0 Å². The lowest BCUT2D eigenvalue weighted by atomic mass is 10.2. The summed E-state index contributed by atoms with van der Waals surface area (Å²) in [4.78, 5) is 5.64. The molecule has 0 saturated heterocycles. The van der Waals surface area contributed by atoms with Gasteiger partial charge in [-0.2, -0.15) is 0 Å². The molecule has 2 aromatic rings. The van der Waals surface area contributed by atoms with Gasteiger partial charge in [-0.3, -0.25) is 4.98 Å². The van der Waals surface area contributed by atoms with Gasteiger partial charge in [0.15, 0.2) is 0 Å². The molecule has 0 unspecified atom stereocenters. The van der Waals surface area contributed by atoms with Gasteiger partial charge in [-0.05, 0) is 23.1 Å². The predicted molar refractivity (Wildman–Crippen MR) is 69.8 cm³/mol. The third-order valence-corrected chi connectivity index (χ3v) is 3.38. The summed E-state index contributed by atoms with van der Waals surface area (Å²) >= 11 is 1.76. The summed E-state index contributed by atoms with van der Waals surface area (Å²) in [5, 5.41) is 2.09. The largest absolute Gasteiger partial charge is 0.375 e. The van der Waals surface area contributed by atoms with E-state index in [1.165, 1.54) is 4.88 Å². The summed E-state index contributed by atoms with van der Waals surface area (Å²) in [6, 6.07) is 8.15. The molecular formula is C13H16N2OS. The van der Waals surface area contributed by atoms with Crippen LogP contribution in [0.4, 0.5) is 0 Å². The fourth-order valence-electron chi connectivity index (χ4n) is 1.47. The number of pyridine rings is 1. The van der Waals surface area contributed by atoms with Gasteiger partial charge < -0.3 is 10.5 Å². The highest BCUT2D eigenvalue weighted by Gasteiger charge is 1.97. The topological polar surface area (TPSA) is 48.1 Å². The van der Waals surface area contributed by atoms with E-state index < -0.39 is 0 Å². The van der Waals surface area contributed by atoms with E-state index in [2.05, 4.69) is 22.5 Å². The molecule has 2 heterocycles. The minimum absolute atomic E-state index is 0.534. The highest BCUT2D eigenvalue weighted by Crippen LogP contribution is 2.09. The third kappa shape index (κ3) is 3.93. The van der Waals surface area contributed by atoms with Gasteiger partial charge in [-0.1, -0.05) is 12.1 Å². The van der Waals surface area contributed by atoms with Crippen LogP contribution in [-0.2, 0) is 24.3 Å². The molecule has 0 aliphatic rings. The van der Waals surface area contributed by atoms with Crippen molar-refractivity contribution in [2.24, 2.45) is 5.73 Å². The normalized spacial score (nSPS) is 10.6. The number of rotatable bonds is 6. The van der Waals surface area contributed by atoms with Gasteiger partial charge in [0.25, 0.3) is 0 Å². The molecule has 0 atom stereocenters. The minimum Gasteiger partial charge on any atom is -0.375 e. The lowest BCUT2D eigenvalue weighted by Gasteiger charge is -2.03. The highest BCUT2D eigenvalue weighted by atomic mass is 32.1. The fraction of sp³-hybridized carbons (Fsp3) is 0.308. The van der Waals surface area contributed by atoms with Crippen LogP contribution in [-0.4, -0.2) is 11.6 Å². The Morgan fingerprint density at radius 2 is 2.24 bits per heavy atom. The Bertz CT molecular complexity index is 425. The first kappa shape index (κ1) is 12.2. The molecule has 3 nitrogen and oxygen atoms in total. The van der Waals surface area contributed by atoms with Gasteiger partial charge in [0.05, 0.1) is 18.9 Å². The third-order valence-electron chi connectivity index (χ3n) is 2.44. The fourth-order valence-corrected chi connectivity index (χ4v) is 2.16. The number of hydrogen-bond acceptors (Lipinski definition) is 4. The van der Waals surface area contributed by atoms with E-state index in [1.54, 1.807) is 17.5 Å². The Labute approximate surface area is 105 Å². The lowest BCUT2D eigenvalue weighted by molar-refractivity contribution is 0.121. The van der Waals surface area contributed by atoms with Crippen LogP contribution < -0.4 is 5.73 Å². The number of hydrogen-bond donors (Lipinski definition) is 1. The molecule has 0 saturated carbocycles. The van der Waals surface area contributed by atoms with Gasteiger partial charge in [0.2, 0.25) is 0 Å². The zero-order valence-corrected chi connectivity index (χ0v) is 10.5. The molecule has 0 spiro atoms. The molecule has 0 amide bonds. The Hall–Kier alpha value is -1.23. The van der Waals surface area contributed by atoms with E-state index in [4.69, 9.17) is 10.5 Å². The minimum atomic E-state index is 0.534. The molecule has 0 radical (unpaired) electrons. The molecule has 2 N–H and O–H groups in total. The van der Waals surface area contributed by atoms with Gasteiger partial charge in [0.1, 0.15) is 0 Å². The maximum Gasteiger partial charge on any atom is 0.0887 e. The van der Waals surface area contributed by atoms with Crippen molar-refractivity contribution >= 4 is 11.3 Å². The average Bonchev–Trinajstić information content (AvgIpc) is 2.88. The van der Waals surface area contributed by atoms with Crippen LogP contribution in [0.2, 0.25) is 0 Å². The zero-order valence-electron chi connectivity index (χ0n) is 9.63. The number of nitrogens with zero attached hydrogens (tertiary/aromatic N) is 1. The first-order valence-corrected chi connectivity index (χ1v) is 6.50. The lowest BCUT2D eigenvalue weighted by Crippen LogP contribution is -2.01. The van der Waals surface area contributed by atoms with Crippen molar-refractivity contribution in [2.45, 2.75) is 19.6 Å². The smallest absolute Gasteiger partial charge is 0.0887 e. The molecular weight excluding hydrogens is 232 g/mol. The Balaban J connectivity index is 1.70. The molecule has 17 heavy (non-hydrogen) atoms. The van der Waals surface area contributed by atoms with E-state index in [1.807, 2.05) is 12.1 Å². The van der Waals surface area contributed by atoms with Crippen molar-refractivity contribution in [3.8, 4) is 0 Å². The Morgan fingerprint density at radius 1 is 1.29 bits per heavy atom. The summed E-state index contributed by atoms with van der Waals surface area (Å²) < 4.78 is 5.58. The second-order valence-electron chi connectivity index (χ2n) is 3.74. The summed E-state index contributed by atoms with van der Waals surface area (Å²) in [5.41, 5.74) is 7.51. The first-order valence-electron chi connectivity index (χ1n) is 5.62. The standard InChI is InChI=1S/C13H16N2OS/c14-8-11-3-4-12(15-9-11)10-16-6-5-13-2-1-7-17-13/h1-4,7,9H,5-6,8,10,14H2. The van der Waals surface area contributed by atoms with Crippen LogP contribution in [0.1, 0.15) is 16.1 Å². The van der Waals surface area contributed by atoms with Crippen LogP contribution >= 0.6 is 11.3 Å². The van der Waals surface area contributed by atoms with Crippen molar-refractivity contribution in [1.29, 1.82) is 0 Å². The summed E-state index contributed by atoms with van der Waals surface area (Å²) in [6.07, 6.45) is 2.77.